The molecule has 4 aliphatic rings. The van der Waals surface area contributed by atoms with Gasteiger partial charge in [0.25, 0.3) is 0 Å². The van der Waals surface area contributed by atoms with Crippen LogP contribution in [0.25, 0.3) is 0 Å². The summed E-state index contributed by atoms with van der Waals surface area (Å²) in [7, 11) is -3.73. The Bertz CT molecular complexity index is 1310. The molecule has 0 spiro atoms. The van der Waals surface area contributed by atoms with Gasteiger partial charge in [0.1, 0.15) is 18.9 Å². The second kappa shape index (κ2) is 8.86. The van der Waals surface area contributed by atoms with Crippen molar-refractivity contribution in [2.75, 3.05) is 52.5 Å². The molecule has 0 aromatic heterocycles. The van der Waals surface area contributed by atoms with Crippen molar-refractivity contribution in [3.05, 3.63) is 65.2 Å². The second-order valence-electron chi connectivity index (χ2n) is 9.90. The zero-order valence-corrected chi connectivity index (χ0v) is 20.6. The van der Waals surface area contributed by atoms with Crippen molar-refractivity contribution in [2.45, 2.75) is 22.9 Å². The minimum Gasteiger partial charge on any atom is -0.486 e. The molecule has 0 unspecified atom stereocenters. The maximum atomic E-state index is 15.0. The SMILES string of the molecule is O=C([C@H](CC1(F)CNC1)c1ccccc1)N1CC2=C(C1)CN(S(=O)(=O)c1ccc3c(c1)OCCO3)C2. The van der Waals surface area contributed by atoms with Crippen LogP contribution in [0, 0.1) is 0 Å². The van der Waals surface area contributed by atoms with E-state index < -0.39 is 21.6 Å². The van der Waals surface area contributed by atoms with E-state index in [4.69, 9.17) is 9.47 Å². The van der Waals surface area contributed by atoms with Crippen LogP contribution in [0.3, 0.4) is 0 Å². The number of hydrogen-bond donors (Lipinski definition) is 1. The average Bonchev–Trinajstić information content (AvgIpc) is 3.46. The molecular weight excluding hydrogens is 485 g/mol. The fraction of sp³-hybridized carbons (Fsp3) is 0.423. The summed E-state index contributed by atoms with van der Waals surface area (Å²) in [4.78, 5) is 15.5. The predicted octanol–water partition coefficient (Wildman–Crippen LogP) is 2.09. The number of nitrogens with one attached hydrogen (secondary N) is 1. The molecule has 4 aliphatic heterocycles. The van der Waals surface area contributed by atoms with Crippen LogP contribution in [0.5, 0.6) is 11.5 Å². The molecule has 0 aliphatic carbocycles. The Morgan fingerprint density at radius 2 is 1.64 bits per heavy atom. The van der Waals surface area contributed by atoms with E-state index in [0.717, 1.165) is 16.7 Å². The van der Waals surface area contributed by atoms with E-state index in [1.165, 1.54) is 16.4 Å². The molecule has 1 amide bonds. The molecule has 0 bridgehead atoms. The van der Waals surface area contributed by atoms with Gasteiger partial charge in [-0.15, -0.1) is 0 Å². The number of rotatable bonds is 6. The Kier molecular flexibility index (Phi) is 5.77. The molecule has 0 saturated carbocycles. The van der Waals surface area contributed by atoms with Gasteiger partial charge in [-0.25, -0.2) is 12.8 Å². The Balaban J connectivity index is 1.15. The first kappa shape index (κ1) is 23.4. The molecule has 4 heterocycles. The number of alkyl halides is 1. The van der Waals surface area contributed by atoms with Gasteiger partial charge in [0.2, 0.25) is 15.9 Å². The van der Waals surface area contributed by atoms with Crippen molar-refractivity contribution >= 4 is 15.9 Å². The van der Waals surface area contributed by atoms with Crippen molar-refractivity contribution in [1.29, 1.82) is 0 Å². The van der Waals surface area contributed by atoms with Crippen LogP contribution in [-0.4, -0.2) is 81.7 Å². The van der Waals surface area contributed by atoms with Gasteiger partial charge >= 0.3 is 0 Å². The van der Waals surface area contributed by atoms with E-state index in [1.54, 1.807) is 11.0 Å². The lowest BCUT2D eigenvalue weighted by Gasteiger charge is -2.38. The van der Waals surface area contributed by atoms with Crippen LogP contribution < -0.4 is 14.8 Å². The first-order chi connectivity index (χ1) is 17.3. The van der Waals surface area contributed by atoms with Crippen molar-refractivity contribution in [1.82, 2.24) is 14.5 Å². The van der Waals surface area contributed by atoms with E-state index >= 15 is 4.39 Å². The van der Waals surface area contributed by atoms with Gasteiger partial charge in [0.05, 0.1) is 10.8 Å². The van der Waals surface area contributed by atoms with Gasteiger partial charge in [0.15, 0.2) is 11.5 Å². The molecule has 0 radical (unpaired) electrons. The summed E-state index contributed by atoms with van der Waals surface area (Å²) in [5.74, 6) is 0.284. The average molecular weight is 514 g/mol. The lowest BCUT2D eigenvalue weighted by Crippen LogP contribution is -2.57. The fourth-order valence-corrected chi connectivity index (χ4v) is 6.81. The van der Waals surface area contributed by atoms with Crippen molar-refractivity contribution in [3.8, 4) is 11.5 Å². The Morgan fingerprint density at radius 1 is 0.972 bits per heavy atom. The zero-order chi connectivity index (χ0) is 24.9. The minimum atomic E-state index is -3.73. The summed E-state index contributed by atoms with van der Waals surface area (Å²) < 4.78 is 54.2. The number of benzene rings is 2. The van der Waals surface area contributed by atoms with E-state index in [-0.39, 0.29) is 43.4 Å². The maximum Gasteiger partial charge on any atom is 0.243 e. The molecule has 1 N–H and O–H groups in total. The smallest absolute Gasteiger partial charge is 0.243 e. The van der Waals surface area contributed by atoms with E-state index in [2.05, 4.69) is 5.32 Å². The number of carbonyl (C=O) groups is 1. The maximum absolute atomic E-state index is 15.0. The standard InChI is InChI=1S/C26H28FN3O5S/c27-26(16-28-17-26)11-22(18-4-2-1-3-5-18)25(31)29-12-19-14-30(15-20(19)13-29)36(32,33)21-6-7-23-24(10-21)35-9-8-34-23/h1-7,10,22,28H,8-9,11-17H2/t22-/m1/s1. The van der Waals surface area contributed by atoms with E-state index in [0.29, 0.717) is 37.8 Å². The van der Waals surface area contributed by atoms with Gasteiger partial charge in [-0.3, -0.25) is 4.79 Å². The number of fused-ring (bicyclic) bond motifs is 1. The normalized spacial score (nSPS) is 21.8. The molecule has 2 aromatic carbocycles. The highest BCUT2D eigenvalue weighted by molar-refractivity contribution is 7.89. The van der Waals surface area contributed by atoms with Crippen LogP contribution in [-0.2, 0) is 14.8 Å². The summed E-state index contributed by atoms with van der Waals surface area (Å²) in [6.07, 6.45) is 0.134. The number of amides is 1. The number of halogens is 1. The molecular formula is C26H28FN3O5S. The van der Waals surface area contributed by atoms with Crippen LogP contribution in [0.1, 0.15) is 17.9 Å². The summed E-state index contributed by atoms with van der Waals surface area (Å²) in [5.41, 5.74) is 1.30. The minimum absolute atomic E-state index is 0.110. The molecule has 190 valence electrons. The molecule has 1 fully saturated rings. The number of ether oxygens (including phenoxy) is 2. The fourth-order valence-electron chi connectivity index (χ4n) is 5.36. The topological polar surface area (TPSA) is 88.2 Å². The third kappa shape index (κ3) is 4.16. The van der Waals surface area contributed by atoms with Gasteiger partial charge in [-0.05, 0) is 35.3 Å². The van der Waals surface area contributed by atoms with E-state index in [1.807, 2.05) is 30.3 Å². The largest absolute Gasteiger partial charge is 0.486 e. The molecule has 2 aromatic rings. The van der Waals surface area contributed by atoms with E-state index in [9.17, 15) is 13.2 Å². The highest BCUT2D eigenvalue weighted by Gasteiger charge is 2.44. The molecule has 8 nitrogen and oxygen atoms in total. The Labute approximate surface area is 209 Å². The summed E-state index contributed by atoms with van der Waals surface area (Å²) >= 11 is 0. The predicted molar refractivity (Wildman–Crippen MR) is 130 cm³/mol. The van der Waals surface area contributed by atoms with Crippen LogP contribution >= 0.6 is 0 Å². The highest BCUT2D eigenvalue weighted by Crippen LogP contribution is 2.38. The summed E-state index contributed by atoms with van der Waals surface area (Å²) in [5, 5.41) is 2.96. The lowest BCUT2D eigenvalue weighted by molar-refractivity contribution is -0.133. The van der Waals surface area contributed by atoms with Gasteiger partial charge in [0, 0.05) is 45.3 Å². The Morgan fingerprint density at radius 3 is 2.28 bits per heavy atom. The van der Waals surface area contributed by atoms with Crippen LogP contribution in [0.4, 0.5) is 4.39 Å². The van der Waals surface area contributed by atoms with Gasteiger partial charge < -0.3 is 19.7 Å². The molecule has 1 saturated heterocycles. The van der Waals surface area contributed by atoms with Crippen molar-refractivity contribution in [2.24, 2.45) is 0 Å². The monoisotopic (exact) mass is 513 g/mol. The van der Waals surface area contributed by atoms with Gasteiger partial charge in [-0.1, -0.05) is 30.3 Å². The number of nitrogens with zero attached hydrogens (tertiary/aromatic N) is 2. The molecule has 6 rings (SSSR count). The molecule has 36 heavy (non-hydrogen) atoms. The summed E-state index contributed by atoms with van der Waals surface area (Å²) in [6, 6.07) is 14.0. The molecule has 1 atom stereocenters. The summed E-state index contributed by atoms with van der Waals surface area (Å²) in [6.45, 7) is 2.53. The third-order valence-electron chi connectivity index (χ3n) is 7.41. The number of sulfonamides is 1. The van der Waals surface area contributed by atoms with Crippen LogP contribution in [0.15, 0.2) is 64.6 Å². The highest BCUT2D eigenvalue weighted by atomic mass is 32.2. The van der Waals surface area contributed by atoms with Crippen LogP contribution in [0.2, 0.25) is 0 Å². The number of carbonyl (C=O) groups excluding carboxylic acids is 1. The lowest BCUT2D eigenvalue weighted by atomic mass is 9.83. The zero-order valence-electron chi connectivity index (χ0n) is 19.8. The number of hydrogen-bond acceptors (Lipinski definition) is 6. The third-order valence-corrected chi connectivity index (χ3v) is 9.20. The first-order valence-corrected chi connectivity index (χ1v) is 13.6. The van der Waals surface area contributed by atoms with Gasteiger partial charge in [-0.2, -0.15) is 4.31 Å². The molecule has 10 heteroatoms. The Hall–Kier alpha value is -2.95. The van der Waals surface area contributed by atoms with Crippen molar-refractivity contribution in [3.63, 3.8) is 0 Å². The first-order valence-electron chi connectivity index (χ1n) is 12.2. The quantitative estimate of drug-likeness (QED) is 0.596. The van der Waals surface area contributed by atoms with Crippen molar-refractivity contribution < 1.29 is 27.1 Å². The second-order valence-corrected chi connectivity index (χ2v) is 11.8.